The molecule has 110 valence electrons. The van der Waals surface area contributed by atoms with Crippen molar-refractivity contribution in [3.63, 3.8) is 0 Å². The Hall–Kier alpha value is -2.04. The van der Waals surface area contributed by atoms with Crippen molar-refractivity contribution < 1.29 is 19.1 Å². The van der Waals surface area contributed by atoms with Gasteiger partial charge < -0.3 is 14.8 Å². The number of hydrogen-bond donors (Lipinski definition) is 1. The van der Waals surface area contributed by atoms with Crippen LogP contribution < -0.4 is 5.32 Å². The summed E-state index contributed by atoms with van der Waals surface area (Å²) in [6.07, 6.45) is -1.24. The van der Waals surface area contributed by atoms with Gasteiger partial charge in [-0.15, -0.1) is 0 Å². The number of ether oxygens (including phenoxy) is 2. The second-order valence-corrected chi connectivity index (χ2v) is 5.46. The Morgan fingerprint density at radius 3 is 2.30 bits per heavy atom. The third kappa shape index (κ3) is 5.73. The van der Waals surface area contributed by atoms with Gasteiger partial charge in [0, 0.05) is 5.54 Å². The zero-order valence-corrected chi connectivity index (χ0v) is 12.3. The van der Waals surface area contributed by atoms with E-state index in [1.54, 1.807) is 12.1 Å². The van der Waals surface area contributed by atoms with Crippen LogP contribution in [-0.2, 0) is 14.3 Å². The van der Waals surface area contributed by atoms with Gasteiger partial charge in [0.25, 0.3) is 0 Å². The number of hydrogen-bond acceptors (Lipinski definition) is 4. The average molecular weight is 279 g/mol. The van der Waals surface area contributed by atoms with Crippen molar-refractivity contribution in [2.75, 3.05) is 7.11 Å². The van der Waals surface area contributed by atoms with Gasteiger partial charge in [-0.3, -0.25) is 4.79 Å². The van der Waals surface area contributed by atoms with Crippen LogP contribution in [-0.4, -0.2) is 24.7 Å². The minimum absolute atomic E-state index is 0.0158. The quantitative estimate of drug-likeness (QED) is 0.861. The number of carbonyl (C=O) groups excluding carboxylic acids is 2. The number of nitrogens with one attached hydrogen (secondary N) is 1. The van der Waals surface area contributed by atoms with E-state index < -0.39 is 23.7 Å². The van der Waals surface area contributed by atoms with Gasteiger partial charge in [-0.1, -0.05) is 30.3 Å². The Morgan fingerprint density at radius 2 is 1.80 bits per heavy atom. The second kappa shape index (κ2) is 6.93. The molecule has 1 rings (SSSR count). The molecule has 5 heteroatoms. The molecule has 0 saturated heterocycles. The van der Waals surface area contributed by atoms with Crippen LogP contribution in [0.1, 0.15) is 38.9 Å². The zero-order chi connectivity index (χ0) is 15.2. The Kier molecular flexibility index (Phi) is 5.55. The third-order valence-electron chi connectivity index (χ3n) is 2.48. The van der Waals surface area contributed by atoms with Crippen LogP contribution in [0.15, 0.2) is 30.3 Å². The highest BCUT2D eigenvalue weighted by molar-refractivity contribution is 5.72. The van der Waals surface area contributed by atoms with Gasteiger partial charge in [0.2, 0.25) is 0 Å². The molecule has 0 aliphatic heterocycles. The molecule has 5 nitrogen and oxygen atoms in total. The molecular formula is C15H21NO4. The second-order valence-electron chi connectivity index (χ2n) is 5.46. The van der Waals surface area contributed by atoms with E-state index in [-0.39, 0.29) is 6.42 Å². The molecule has 0 radical (unpaired) electrons. The van der Waals surface area contributed by atoms with E-state index in [9.17, 15) is 9.59 Å². The molecular weight excluding hydrogens is 258 g/mol. The molecule has 0 saturated carbocycles. The van der Waals surface area contributed by atoms with Gasteiger partial charge in [-0.25, -0.2) is 4.79 Å². The van der Waals surface area contributed by atoms with Crippen molar-refractivity contribution in [2.24, 2.45) is 0 Å². The molecule has 0 spiro atoms. The van der Waals surface area contributed by atoms with Crippen LogP contribution in [0.25, 0.3) is 0 Å². The molecule has 1 unspecified atom stereocenters. The van der Waals surface area contributed by atoms with Crippen LogP contribution in [0, 0.1) is 0 Å². The van der Waals surface area contributed by atoms with Crippen LogP contribution in [0.5, 0.6) is 0 Å². The number of methoxy groups -OCH3 is 1. The lowest BCUT2D eigenvalue weighted by molar-refractivity contribution is -0.142. The molecule has 0 aliphatic carbocycles. The highest BCUT2D eigenvalue weighted by Crippen LogP contribution is 2.22. The number of amides is 1. The first-order valence-electron chi connectivity index (χ1n) is 6.42. The van der Waals surface area contributed by atoms with Crippen LogP contribution >= 0.6 is 0 Å². The summed E-state index contributed by atoms with van der Waals surface area (Å²) in [5.74, 6) is -0.428. The molecule has 0 fully saturated rings. The summed E-state index contributed by atoms with van der Waals surface area (Å²) in [5, 5.41) is 2.70. The fourth-order valence-electron chi connectivity index (χ4n) is 1.59. The maximum atomic E-state index is 11.8. The number of benzene rings is 1. The van der Waals surface area contributed by atoms with Gasteiger partial charge in [0.1, 0.15) is 6.10 Å². The van der Waals surface area contributed by atoms with Crippen molar-refractivity contribution in [3.05, 3.63) is 35.9 Å². The topological polar surface area (TPSA) is 64.6 Å². The zero-order valence-electron chi connectivity index (χ0n) is 12.3. The van der Waals surface area contributed by atoms with Gasteiger partial charge >= 0.3 is 12.1 Å². The van der Waals surface area contributed by atoms with E-state index in [0.29, 0.717) is 0 Å². The van der Waals surface area contributed by atoms with Crippen LogP contribution in [0.3, 0.4) is 0 Å². The van der Waals surface area contributed by atoms with Gasteiger partial charge in [0.05, 0.1) is 13.5 Å². The molecule has 1 atom stereocenters. The summed E-state index contributed by atoms with van der Waals surface area (Å²) in [7, 11) is 1.31. The predicted molar refractivity (Wildman–Crippen MR) is 75.2 cm³/mol. The van der Waals surface area contributed by atoms with Crippen molar-refractivity contribution >= 4 is 12.1 Å². The monoisotopic (exact) mass is 279 g/mol. The van der Waals surface area contributed by atoms with E-state index >= 15 is 0 Å². The molecule has 1 aromatic rings. The van der Waals surface area contributed by atoms with Crippen molar-refractivity contribution in [3.8, 4) is 0 Å². The Balaban J connectivity index is 2.78. The molecule has 0 aromatic heterocycles. The number of alkyl carbamates (subject to hydrolysis) is 1. The molecule has 1 N–H and O–H groups in total. The smallest absolute Gasteiger partial charge is 0.408 e. The first-order valence-corrected chi connectivity index (χ1v) is 6.42. The van der Waals surface area contributed by atoms with E-state index in [0.717, 1.165) is 5.56 Å². The van der Waals surface area contributed by atoms with Crippen molar-refractivity contribution in [2.45, 2.75) is 38.8 Å². The lowest BCUT2D eigenvalue weighted by Gasteiger charge is -2.23. The minimum Gasteiger partial charge on any atom is -0.469 e. The van der Waals surface area contributed by atoms with Gasteiger partial charge in [-0.05, 0) is 26.3 Å². The van der Waals surface area contributed by atoms with Crippen molar-refractivity contribution in [1.29, 1.82) is 0 Å². The molecule has 1 amide bonds. The fraction of sp³-hybridized carbons (Fsp3) is 0.467. The average Bonchev–Trinajstić information content (AvgIpc) is 2.36. The highest BCUT2D eigenvalue weighted by Gasteiger charge is 2.23. The summed E-state index contributed by atoms with van der Waals surface area (Å²) in [4.78, 5) is 23.3. The summed E-state index contributed by atoms with van der Waals surface area (Å²) in [6, 6.07) is 9.11. The summed E-state index contributed by atoms with van der Waals surface area (Å²) in [6.45, 7) is 5.56. The summed E-state index contributed by atoms with van der Waals surface area (Å²) in [5.41, 5.74) is 0.353. The predicted octanol–water partition coefficient (Wildman–Crippen LogP) is 2.82. The van der Waals surface area contributed by atoms with E-state index in [1.807, 2.05) is 39.0 Å². The normalized spacial score (nSPS) is 12.4. The van der Waals surface area contributed by atoms with E-state index in [2.05, 4.69) is 10.1 Å². The molecule has 0 bridgehead atoms. The van der Waals surface area contributed by atoms with Gasteiger partial charge in [-0.2, -0.15) is 0 Å². The summed E-state index contributed by atoms with van der Waals surface area (Å²) >= 11 is 0. The number of esters is 1. The third-order valence-corrected chi connectivity index (χ3v) is 2.48. The first-order chi connectivity index (χ1) is 9.31. The minimum atomic E-state index is -0.661. The maximum Gasteiger partial charge on any atom is 0.408 e. The SMILES string of the molecule is COC(=O)CC(OC(=O)NC(C)(C)C)c1ccccc1. The van der Waals surface area contributed by atoms with E-state index in [1.165, 1.54) is 7.11 Å². The lowest BCUT2D eigenvalue weighted by atomic mass is 10.1. The maximum absolute atomic E-state index is 11.8. The Bertz CT molecular complexity index is 451. The van der Waals surface area contributed by atoms with E-state index in [4.69, 9.17) is 4.74 Å². The van der Waals surface area contributed by atoms with Crippen LogP contribution in [0.2, 0.25) is 0 Å². The van der Waals surface area contributed by atoms with Crippen molar-refractivity contribution in [1.82, 2.24) is 5.32 Å². The first kappa shape index (κ1) is 16.0. The fourth-order valence-corrected chi connectivity index (χ4v) is 1.59. The lowest BCUT2D eigenvalue weighted by Crippen LogP contribution is -2.41. The summed E-state index contributed by atoms with van der Waals surface area (Å²) < 4.78 is 9.97. The van der Waals surface area contributed by atoms with Gasteiger partial charge in [0.15, 0.2) is 0 Å². The number of rotatable bonds is 4. The molecule has 20 heavy (non-hydrogen) atoms. The Morgan fingerprint density at radius 1 is 1.20 bits per heavy atom. The van der Waals surface area contributed by atoms with Crippen LogP contribution in [0.4, 0.5) is 4.79 Å². The number of carbonyl (C=O) groups is 2. The molecule has 0 aliphatic rings. The molecule has 0 heterocycles. The highest BCUT2D eigenvalue weighted by atomic mass is 16.6. The Labute approximate surface area is 119 Å². The largest absolute Gasteiger partial charge is 0.469 e. The standard InChI is InChI=1S/C15H21NO4/c1-15(2,3)16-14(18)20-12(10-13(17)19-4)11-8-6-5-7-9-11/h5-9,12H,10H2,1-4H3,(H,16,18). The molecule has 1 aromatic carbocycles.